The molecular formula is C14H20BrNO. The van der Waals surface area contributed by atoms with E-state index in [4.69, 9.17) is 10.5 Å². The minimum atomic E-state index is 0.151. The van der Waals surface area contributed by atoms with Crippen LogP contribution in [0, 0.1) is 6.92 Å². The van der Waals surface area contributed by atoms with E-state index in [1.165, 1.54) is 41.3 Å². The minimum Gasteiger partial charge on any atom is -0.497 e. The van der Waals surface area contributed by atoms with Crippen molar-refractivity contribution in [2.24, 2.45) is 5.73 Å². The van der Waals surface area contributed by atoms with Gasteiger partial charge < -0.3 is 10.5 Å². The second kappa shape index (κ2) is 4.99. The zero-order chi connectivity index (χ0) is 12.5. The lowest BCUT2D eigenvalue weighted by atomic mass is 9.78. The summed E-state index contributed by atoms with van der Waals surface area (Å²) in [4.78, 5) is 0. The number of aryl methyl sites for hydroxylation is 1. The first kappa shape index (κ1) is 12.9. The summed E-state index contributed by atoms with van der Waals surface area (Å²) in [6.07, 6.45) is 4.93. The summed E-state index contributed by atoms with van der Waals surface area (Å²) in [6.45, 7) is 2.83. The van der Waals surface area contributed by atoms with Gasteiger partial charge in [0.15, 0.2) is 0 Å². The van der Waals surface area contributed by atoms with E-state index in [0.29, 0.717) is 0 Å². The molecule has 1 aliphatic carbocycles. The van der Waals surface area contributed by atoms with Gasteiger partial charge in [0.05, 0.1) is 7.11 Å². The SMILES string of the molecule is COc1cc(C)c(Br)c(C2(CN)CCCC2)c1. The summed E-state index contributed by atoms with van der Waals surface area (Å²) < 4.78 is 6.58. The van der Waals surface area contributed by atoms with E-state index in [-0.39, 0.29) is 5.41 Å². The normalized spacial score (nSPS) is 18.4. The summed E-state index contributed by atoms with van der Waals surface area (Å²) in [5.41, 5.74) is 8.75. The molecule has 2 N–H and O–H groups in total. The van der Waals surface area contributed by atoms with Crippen molar-refractivity contribution >= 4 is 15.9 Å². The topological polar surface area (TPSA) is 35.2 Å². The van der Waals surface area contributed by atoms with Crippen molar-refractivity contribution in [3.8, 4) is 5.75 Å². The molecule has 2 rings (SSSR count). The fourth-order valence-corrected chi connectivity index (χ4v) is 3.52. The molecule has 94 valence electrons. The molecule has 0 bridgehead atoms. The van der Waals surface area contributed by atoms with Gasteiger partial charge in [-0.15, -0.1) is 0 Å². The molecule has 0 heterocycles. The van der Waals surface area contributed by atoms with E-state index in [1.807, 2.05) is 0 Å². The second-order valence-electron chi connectivity index (χ2n) is 5.00. The van der Waals surface area contributed by atoms with Crippen molar-refractivity contribution in [3.05, 3.63) is 27.7 Å². The fraction of sp³-hybridized carbons (Fsp3) is 0.571. The maximum Gasteiger partial charge on any atom is 0.119 e. The lowest BCUT2D eigenvalue weighted by Gasteiger charge is -2.30. The first-order chi connectivity index (χ1) is 8.13. The Kier molecular flexibility index (Phi) is 3.79. The van der Waals surface area contributed by atoms with Gasteiger partial charge in [0, 0.05) is 16.4 Å². The average Bonchev–Trinajstić information content (AvgIpc) is 2.82. The van der Waals surface area contributed by atoms with E-state index >= 15 is 0 Å². The molecule has 1 aliphatic rings. The van der Waals surface area contributed by atoms with Crippen LogP contribution in [0.5, 0.6) is 5.75 Å². The smallest absolute Gasteiger partial charge is 0.119 e. The van der Waals surface area contributed by atoms with Crippen molar-refractivity contribution in [3.63, 3.8) is 0 Å². The van der Waals surface area contributed by atoms with Crippen LogP contribution < -0.4 is 10.5 Å². The summed E-state index contributed by atoms with van der Waals surface area (Å²) >= 11 is 3.72. The molecule has 0 atom stereocenters. The van der Waals surface area contributed by atoms with Gasteiger partial charge in [-0.1, -0.05) is 28.8 Å². The Morgan fingerprint density at radius 1 is 1.35 bits per heavy atom. The molecule has 0 saturated heterocycles. The maximum absolute atomic E-state index is 6.05. The molecule has 1 aromatic carbocycles. The highest BCUT2D eigenvalue weighted by Gasteiger charge is 2.36. The molecule has 2 nitrogen and oxygen atoms in total. The monoisotopic (exact) mass is 297 g/mol. The van der Waals surface area contributed by atoms with Crippen LogP contribution in [0.4, 0.5) is 0 Å². The van der Waals surface area contributed by atoms with Gasteiger partial charge in [0.1, 0.15) is 5.75 Å². The van der Waals surface area contributed by atoms with Crippen LogP contribution in [0.2, 0.25) is 0 Å². The molecular weight excluding hydrogens is 278 g/mol. The number of hydrogen-bond acceptors (Lipinski definition) is 2. The van der Waals surface area contributed by atoms with Crippen LogP contribution in [0.3, 0.4) is 0 Å². The standard InChI is InChI=1S/C14H20BrNO/c1-10-7-11(17-2)8-12(13(10)15)14(9-16)5-3-4-6-14/h7-8H,3-6,9,16H2,1-2H3. The molecule has 1 aromatic rings. The Bertz CT molecular complexity index is 411. The number of halogens is 1. The van der Waals surface area contributed by atoms with Crippen molar-refractivity contribution < 1.29 is 4.74 Å². The Balaban J connectivity index is 2.52. The molecule has 0 aliphatic heterocycles. The van der Waals surface area contributed by atoms with E-state index in [0.717, 1.165) is 12.3 Å². The van der Waals surface area contributed by atoms with Crippen LogP contribution in [0.15, 0.2) is 16.6 Å². The van der Waals surface area contributed by atoms with Crippen molar-refractivity contribution in [2.45, 2.75) is 38.0 Å². The Morgan fingerprint density at radius 2 is 2.00 bits per heavy atom. The second-order valence-corrected chi connectivity index (χ2v) is 5.79. The highest BCUT2D eigenvalue weighted by Crippen LogP contribution is 2.45. The van der Waals surface area contributed by atoms with E-state index < -0.39 is 0 Å². The summed E-state index contributed by atoms with van der Waals surface area (Å²) in [6, 6.07) is 4.21. The number of rotatable bonds is 3. The minimum absolute atomic E-state index is 0.151. The van der Waals surface area contributed by atoms with Crippen LogP contribution in [-0.4, -0.2) is 13.7 Å². The van der Waals surface area contributed by atoms with E-state index in [1.54, 1.807) is 7.11 Å². The summed E-state index contributed by atoms with van der Waals surface area (Å²) in [5, 5.41) is 0. The van der Waals surface area contributed by atoms with E-state index in [9.17, 15) is 0 Å². The third-order valence-electron chi connectivity index (χ3n) is 3.99. The van der Waals surface area contributed by atoms with Crippen molar-refractivity contribution in [1.29, 1.82) is 0 Å². The quantitative estimate of drug-likeness (QED) is 0.926. The largest absolute Gasteiger partial charge is 0.497 e. The zero-order valence-electron chi connectivity index (χ0n) is 10.6. The van der Waals surface area contributed by atoms with Gasteiger partial charge in [0.2, 0.25) is 0 Å². The van der Waals surface area contributed by atoms with Gasteiger partial charge in [-0.2, -0.15) is 0 Å². The summed E-state index contributed by atoms with van der Waals surface area (Å²) in [5.74, 6) is 0.931. The Hall–Kier alpha value is -0.540. The van der Waals surface area contributed by atoms with E-state index in [2.05, 4.69) is 35.0 Å². The predicted molar refractivity (Wildman–Crippen MR) is 74.6 cm³/mol. The molecule has 1 fully saturated rings. The number of benzene rings is 1. The number of nitrogens with two attached hydrogens (primary N) is 1. The lowest BCUT2D eigenvalue weighted by Crippen LogP contribution is -2.32. The molecule has 17 heavy (non-hydrogen) atoms. The molecule has 0 aromatic heterocycles. The molecule has 1 saturated carbocycles. The van der Waals surface area contributed by atoms with Crippen LogP contribution in [0.1, 0.15) is 36.8 Å². The van der Waals surface area contributed by atoms with Gasteiger partial charge in [-0.3, -0.25) is 0 Å². The van der Waals surface area contributed by atoms with Crippen LogP contribution in [-0.2, 0) is 5.41 Å². The van der Waals surface area contributed by atoms with Crippen LogP contribution >= 0.6 is 15.9 Å². The Labute approximate surface area is 112 Å². The van der Waals surface area contributed by atoms with Crippen LogP contribution in [0.25, 0.3) is 0 Å². The molecule has 0 radical (unpaired) electrons. The first-order valence-corrected chi connectivity index (χ1v) is 6.97. The number of hydrogen-bond donors (Lipinski definition) is 1. The highest BCUT2D eigenvalue weighted by atomic mass is 79.9. The average molecular weight is 298 g/mol. The van der Waals surface area contributed by atoms with Gasteiger partial charge in [0.25, 0.3) is 0 Å². The van der Waals surface area contributed by atoms with Gasteiger partial charge in [-0.25, -0.2) is 0 Å². The molecule has 0 amide bonds. The highest BCUT2D eigenvalue weighted by molar-refractivity contribution is 9.10. The number of methoxy groups -OCH3 is 1. The molecule has 0 spiro atoms. The number of ether oxygens (including phenoxy) is 1. The first-order valence-electron chi connectivity index (χ1n) is 6.17. The third kappa shape index (κ3) is 2.23. The van der Waals surface area contributed by atoms with Gasteiger partial charge in [-0.05, 0) is 43.0 Å². The molecule has 3 heteroatoms. The summed E-state index contributed by atoms with van der Waals surface area (Å²) in [7, 11) is 1.72. The molecule has 0 unspecified atom stereocenters. The third-order valence-corrected chi connectivity index (χ3v) is 5.04. The van der Waals surface area contributed by atoms with Crippen molar-refractivity contribution in [1.82, 2.24) is 0 Å². The zero-order valence-corrected chi connectivity index (χ0v) is 12.1. The van der Waals surface area contributed by atoms with Gasteiger partial charge >= 0.3 is 0 Å². The Morgan fingerprint density at radius 3 is 2.53 bits per heavy atom. The fourth-order valence-electron chi connectivity index (χ4n) is 2.88. The maximum atomic E-state index is 6.05. The lowest BCUT2D eigenvalue weighted by molar-refractivity contribution is 0.406. The predicted octanol–water partition coefficient (Wildman–Crippen LogP) is 3.54. The van der Waals surface area contributed by atoms with Crippen molar-refractivity contribution in [2.75, 3.05) is 13.7 Å².